The second kappa shape index (κ2) is 17.4. The maximum Gasteiger partial charge on any atom is 0.364 e. The summed E-state index contributed by atoms with van der Waals surface area (Å²) in [6.45, 7) is 0.292. The Labute approximate surface area is 291 Å². The van der Waals surface area contributed by atoms with Crippen LogP contribution in [0.15, 0.2) is 0 Å². The van der Waals surface area contributed by atoms with Crippen molar-refractivity contribution in [2.45, 2.75) is 143 Å². The Hall–Kier alpha value is -1.33. The van der Waals surface area contributed by atoms with Crippen LogP contribution in [0.1, 0.15) is 20.3 Å². The summed E-state index contributed by atoms with van der Waals surface area (Å²) < 4.78 is 45.7. The summed E-state index contributed by atoms with van der Waals surface area (Å²) in [7, 11) is 1.30. The standard InChI is InChI=1S/C29H51NO21/c1-8-21(48-26-19(40)18(39)15(36)9(2)45-26)22(13(7-33)47-25(8)44-3)49-27-20(41)24(17(38)12(6-32)46-27)51-29(28(42)43)4-10(34)14(30)23(50-29)16(37)11(35)5-31/h8-27,31-41H,4-7,30H2,1-3H3,(H,42,43)/t8?,9?,10-,11-,12?,13?,14-,15-,16-,17+,18+,19?,20?,21?,22-,23?,24?,25-,26+,27+,29+/m1/s1. The van der Waals surface area contributed by atoms with Crippen LogP contribution in [0.4, 0.5) is 0 Å². The van der Waals surface area contributed by atoms with Crippen LogP contribution in [0.3, 0.4) is 0 Å². The molecule has 14 N–H and O–H groups in total. The Balaban J connectivity index is 1.65. The molecule has 4 fully saturated rings. The molecule has 0 aliphatic carbocycles. The number of nitrogens with two attached hydrogens (primary N) is 1. The number of rotatable bonds is 13. The van der Waals surface area contributed by atoms with Crippen molar-refractivity contribution in [1.82, 2.24) is 0 Å². The molecule has 22 nitrogen and oxygen atoms in total. The number of hydrogen-bond acceptors (Lipinski definition) is 21. The molecule has 4 aliphatic rings. The van der Waals surface area contributed by atoms with Gasteiger partial charge in [-0.05, 0) is 6.92 Å². The smallest absolute Gasteiger partial charge is 0.364 e. The van der Waals surface area contributed by atoms with Crippen LogP contribution < -0.4 is 5.73 Å². The number of ether oxygens (including phenoxy) is 8. The van der Waals surface area contributed by atoms with E-state index in [0.717, 1.165) is 0 Å². The van der Waals surface area contributed by atoms with Gasteiger partial charge in [-0.2, -0.15) is 0 Å². The van der Waals surface area contributed by atoms with Gasteiger partial charge in [0, 0.05) is 19.4 Å². The van der Waals surface area contributed by atoms with Crippen LogP contribution >= 0.6 is 0 Å². The first-order valence-electron chi connectivity index (χ1n) is 16.4. The molecule has 0 spiro atoms. The maximum atomic E-state index is 12.7. The molecule has 0 aromatic rings. The van der Waals surface area contributed by atoms with E-state index in [4.69, 9.17) is 43.6 Å². The summed E-state index contributed by atoms with van der Waals surface area (Å²) >= 11 is 0. The lowest BCUT2D eigenvalue weighted by molar-refractivity contribution is -0.393. The topological polar surface area (TPSA) is 360 Å². The second-order valence-corrected chi connectivity index (χ2v) is 13.2. The fourth-order valence-electron chi connectivity index (χ4n) is 6.65. The van der Waals surface area contributed by atoms with Gasteiger partial charge in [-0.3, -0.25) is 0 Å². The fourth-order valence-corrected chi connectivity index (χ4v) is 6.65. The molecule has 0 aromatic heterocycles. The number of carbonyl (C=O) groups is 1. The van der Waals surface area contributed by atoms with Crippen molar-refractivity contribution in [3.05, 3.63) is 0 Å². The van der Waals surface area contributed by atoms with Gasteiger partial charge in [0.1, 0.15) is 73.2 Å². The zero-order valence-electron chi connectivity index (χ0n) is 28.0. The van der Waals surface area contributed by atoms with Crippen molar-refractivity contribution in [3.8, 4) is 0 Å². The lowest BCUT2D eigenvalue weighted by Gasteiger charge is -2.51. The average molecular weight is 750 g/mol. The number of aliphatic hydroxyl groups excluding tert-OH is 11. The van der Waals surface area contributed by atoms with Crippen LogP contribution in [0.5, 0.6) is 0 Å². The van der Waals surface area contributed by atoms with Crippen LogP contribution in [0.25, 0.3) is 0 Å². The van der Waals surface area contributed by atoms with Crippen molar-refractivity contribution in [1.29, 1.82) is 0 Å². The number of hydrogen-bond donors (Lipinski definition) is 13. The zero-order valence-corrected chi connectivity index (χ0v) is 28.0. The summed E-state index contributed by atoms with van der Waals surface area (Å²) in [5.41, 5.74) is 5.91. The molecule has 4 saturated heterocycles. The fraction of sp³-hybridized carbons (Fsp3) is 0.966. The highest BCUT2D eigenvalue weighted by molar-refractivity contribution is 5.76. The van der Waals surface area contributed by atoms with Gasteiger partial charge in [0.05, 0.1) is 44.2 Å². The van der Waals surface area contributed by atoms with Crippen LogP contribution in [0.2, 0.25) is 0 Å². The first kappa shape index (κ1) is 42.4. The van der Waals surface area contributed by atoms with Crippen LogP contribution in [-0.2, 0) is 42.7 Å². The van der Waals surface area contributed by atoms with Crippen molar-refractivity contribution in [2.24, 2.45) is 11.7 Å². The molecule has 21 atom stereocenters. The average Bonchev–Trinajstić information content (AvgIpc) is 3.11. The third-order valence-electron chi connectivity index (χ3n) is 9.77. The van der Waals surface area contributed by atoms with E-state index in [2.05, 4.69) is 0 Å². The summed E-state index contributed by atoms with van der Waals surface area (Å²) in [6.07, 6.45) is -30.8. The third-order valence-corrected chi connectivity index (χ3v) is 9.77. The number of carboxylic acids is 1. The maximum absolute atomic E-state index is 12.7. The van der Waals surface area contributed by atoms with Crippen molar-refractivity contribution in [2.75, 3.05) is 26.9 Å². The molecule has 4 rings (SSSR count). The predicted molar refractivity (Wildman–Crippen MR) is 160 cm³/mol. The minimum absolute atomic E-state index is 0.755. The Kier molecular flexibility index (Phi) is 14.5. The highest BCUT2D eigenvalue weighted by Crippen LogP contribution is 2.39. The molecular formula is C29H51NO21. The van der Waals surface area contributed by atoms with E-state index in [1.807, 2.05) is 0 Å². The number of aliphatic hydroxyl groups is 11. The molecule has 4 aliphatic heterocycles. The van der Waals surface area contributed by atoms with E-state index in [-0.39, 0.29) is 0 Å². The zero-order chi connectivity index (χ0) is 38.1. The van der Waals surface area contributed by atoms with E-state index in [1.165, 1.54) is 14.0 Å². The molecule has 0 aromatic carbocycles. The van der Waals surface area contributed by atoms with Gasteiger partial charge in [-0.1, -0.05) is 6.92 Å². The SMILES string of the molecule is CO[C@@H]1OC(CO)[C@@H](O[C@@H]2OC(CO)[C@H](O)C(O[C@]3(C(=O)O)C[C@@H](O)[C@@H](N)C([C@H](O)[C@H](O)CO)O3)C2O)C(O[C@@H]2OC(C)[C@@H](O)[C@H](O)C2O)C1C. The molecule has 0 radical (unpaired) electrons. The molecule has 22 heteroatoms. The molecule has 4 heterocycles. The highest BCUT2D eigenvalue weighted by Gasteiger charge is 2.60. The summed E-state index contributed by atoms with van der Waals surface area (Å²) in [5.74, 6) is -5.69. The van der Waals surface area contributed by atoms with Gasteiger partial charge in [0.15, 0.2) is 18.9 Å². The van der Waals surface area contributed by atoms with Gasteiger partial charge in [0.2, 0.25) is 0 Å². The van der Waals surface area contributed by atoms with E-state index in [1.54, 1.807) is 6.92 Å². The second-order valence-electron chi connectivity index (χ2n) is 13.2. The van der Waals surface area contributed by atoms with Gasteiger partial charge in [0.25, 0.3) is 5.79 Å². The number of carboxylic acid groups (broad SMARTS) is 1. The largest absolute Gasteiger partial charge is 0.477 e. The molecule has 9 unspecified atom stereocenters. The Bertz CT molecular complexity index is 1130. The lowest BCUT2D eigenvalue weighted by Crippen LogP contribution is -2.70. The van der Waals surface area contributed by atoms with Crippen molar-refractivity contribution < 1.29 is 104 Å². The molecule has 51 heavy (non-hydrogen) atoms. The normalized spacial score (nSPS) is 49.3. The monoisotopic (exact) mass is 749 g/mol. The number of aliphatic carboxylic acids is 1. The summed E-state index contributed by atoms with van der Waals surface area (Å²) in [6, 6.07) is -1.50. The van der Waals surface area contributed by atoms with E-state index >= 15 is 0 Å². The number of methoxy groups -OCH3 is 1. The van der Waals surface area contributed by atoms with Gasteiger partial charge < -0.3 is 105 Å². The molecule has 0 bridgehead atoms. The van der Waals surface area contributed by atoms with E-state index < -0.39 is 160 Å². The first-order valence-corrected chi connectivity index (χ1v) is 16.4. The van der Waals surface area contributed by atoms with E-state index in [9.17, 15) is 66.1 Å². The summed E-state index contributed by atoms with van der Waals surface area (Å²) in [4.78, 5) is 12.7. The third kappa shape index (κ3) is 8.50. The predicted octanol–water partition coefficient (Wildman–Crippen LogP) is -7.62. The minimum Gasteiger partial charge on any atom is -0.477 e. The minimum atomic E-state index is -2.96. The Morgan fingerprint density at radius 3 is 1.96 bits per heavy atom. The lowest BCUT2D eigenvalue weighted by atomic mass is 9.88. The molecular weight excluding hydrogens is 698 g/mol. The van der Waals surface area contributed by atoms with Gasteiger partial charge >= 0.3 is 5.97 Å². The van der Waals surface area contributed by atoms with Crippen LogP contribution in [0, 0.1) is 5.92 Å². The van der Waals surface area contributed by atoms with Crippen LogP contribution in [-0.4, -0.2) is 216 Å². The van der Waals surface area contributed by atoms with E-state index in [0.29, 0.717) is 0 Å². The quantitative estimate of drug-likeness (QED) is 0.0831. The Morgan fingerprint density at radius 2 is 1.39 bits per heavy atom. The molecule has 0 saturated carbocycles. The van der Waals surface area contributed by atoms with Crippen molar-refractivity contribution in [3.63, 3.8) is 0 Å². The van der Waals surface area contributed by atoms with Crippen molar-refractivity contribution >= 4 is 5.97 Å². The molecule has 0 amide bonds. The Morgan fingerprint density at radius 1 is 0.804 bits per heavy atom. The van der Waals surface area contributed by atoms with Gasteiger partial charge in [-0.15, -0.1) is 0 Å². The first-order chi connectivity index (χ1) is 24.0. The summed E-state index contributed by atoms with van der Waals surface area (Å²) in [5, 5.41) is 125. The molecule has 298 valence electrons. The highest BCUT2D eigenvalue weighted by atomic mass is 16.8. The van der Waals surface area contributed by atoms with Gasteiger partial charge in [-0.25, -0.2) is 4.79 Å².